The lowest BCUT2D eigenvalue weighted by molar-refractivity contribution is -0.133. The van der Waals surface area contributed by atoms with Crippen LogP contribution in [-0.2, 0) is 9.53 Å². The van der Waals surface area contributed by atoms with E-state index in [-0.39, 0.29) is 11.8 Å². The maximum Gasteiger partial charge on any atom is 0.313 e. The highest BCUT2D eigenvalue weighted by molar-refractivity contribution is 7.99. The number of carboxylic acid groups (broad SMARTS) is 1. The number of likely N-dealkylation sites (N-methyl/N-ethyl adjacent to an activating group) is 1. The number of nitrogens with zero attached hydrogens (tertiary/aromatic N) is 4. The van der Waals surface area contributed by atoms with Gasteiger partial charge in [-0.3, -0.25) is 9.36 Å². The first-order valence-corrected chi connectivity index (χ1v) is 7.53. The highest BCUT2D eigenvalue weighted by Crippen LogP contribution is 2.26. The molecule has 1 rings (SSSR count). The first-order chi connectivity index (χ1) is 9.51. The summed E-state index contributed by atoms with van der Waals surface area (Å²) in [6, 6.07) is 0.160. The highest BCUT2D eigenvalue weighted by atomic mass is 32.2. The van der Waals surface area contributed by atoms with E-state index < -0.39 is 5.97 Å². The van der Waals surface area contributed by atoms with Gasteiger partial charge in [0.05, 0.1) is 12.4 Å². The molecule has 1 N–H and O–H groups in total. The molecule has 1 heterocycles. The van der Waals surface area contributed by atoms with Crippen molar-refractivity contribution in [3.05, 3.63) is 0 Å². The Morgan fingerprint density at radius 3 is 2.70 bits per heavy atom. The molecule has 0 unspecified atom stereocenters. The molecule has 0 saturated heterocycles. The van der Waals surface area contributed by atoms with Crippen LogP contribution in [0.1, 0.15) is 26.8 Å². The predicted octanol–water partition coefficient (Wildman–Crippen LogP) is 1.51. The predicted molar refractivity (Wildman–Crippen MR) is 78.5 cm³/mol. The van der Waals surface area contributed by atoms with Crippen LogP contribution in [0.4, 0.5) is 5.95 Å². The third-order valence-corrected chi connectivity index (χ3v) is 3.65. The Balaban J connectivity index is 2.97. The zero-order valence-corrected chi connectivity index (χ0v) is 13.2. The third-order valence-electron chi connectivity index (χ3n) is 2.72. The van der Waals surface area contributed by atoms with Gasteiger partial charge >= 0.3 is 5.97 Å². The van der Waals surface area contributed by atoms with E-state index in [9.17, 15) is 4.79 Å². The van der Waals surface area contributed by atoms with E-state index in [0.717, 1.165) is 19.0 Å². The van der Waals surface area contributed by atoms with Gasteiger partial charge in [-0.1, -0.05) is 11.8 Å². The standard InChI is InChI=1S/C12H22N4O3S/c1-5-15(6-7-19-4)11-13-14-12(16(11)9(2)3)20-8-10(17)18/h9H,5-8H2,1-4H3,(H,17,18). The van der Waals surface area contributed by atoms with Crippen molar-refractivity contribution in [2.24, 2.45) is 0 Å². The smallest absolute Gasteiger partial charge is 0.313 e. The van der Waals surface area contributed by atoms with Crippen LogP contribution in [0.15, 0.2) is 5.16 Å². The normalized spacial score (nSPS) is 11.1. The zero-order valence-electron chi connectivity index (χ0n) is 12.4. The van der Waals surface area contributed by atoms with Crippen molar-refractivity contribution in [1.82, 2.24) is 14.8 Å². The summed E-state index contributed by atoms with van der Waals surface area (Å²) >= 11 is 1.19. The highest BCUT2D eigenvalue weighted by Gasteiger charge is 2.20. The molecule has 0 saturated carbocycles. The molecule has 0 fully saturated rings. The van der Waals surface area contributed by atoms with Gasteiger partial charge in [0.2, 0.25) is 5.95 Å². The van der Waals surface area contributed by atoms with Crippen molar-refractivity contribution >= 4 is 23.7 Å². The van der Waals surface area contributed by atoms with Crippen LogP contribution < -0.4 is 4.90 Å². The number of thioether (sulfide) groups is 1. The summed E-state index contributed by atoms with van der Waals surface area (Å²) in [6.45, 7) is 8.22. The molecule has 20 heavy (non-hydrogen) atoms. The van der Waals surface area contributed by atoms with E-state index >= 15 is 0 Å². The van der Waals surface area contributed by atoms with E-state index in [1.807, 2.05) is 25.3 Å². The quantitative estimate of drug-likeness (QED) is 0.692. The Labute approximate surface area is 123 Å². The SMILES string of the molecule is CCN(CCOC)c1nnc(SCC(=O)O)n1C(C)C. The molecule has 0 atom stereocenters. The number of hydrogen-bond acceptors (Lipinski definition) is 6. The van der Waals surface area contributed by atoms with Crippen molar-refractivity contribution in [2.75, 3.05) is 37.5 Å². The number of aliphatic carboxylic acids is 1. The molecular weight excluding hydrogens is 280 g/mol. The Morgan fingerprint density at radius 2 is 2.20 bits per heavy atom. The maximum atomic E-state index is 10.7. The van der Waals surface area contributed by atoms with Gasteiger partial charge in [-0.05, 0) is 20.8 Å². The van der Waals surface area contributed by atoms with E-state index in [1.54, 1.807) is 7.11 Å². The van der Waals surface area contributed by atoms with Gasteiger partial charge in [0.25, 0.3) is 0 Å². The first-order valence-electron chi connectivity index (χ1n) is 6.54. The molecule has 7 nitrogen and oxygen atoms in total. The summed E-state index contributed by atoms with van der Waals surface area (Å²) in [6.07, 6.45) is 0. The zero-order chi connectivity index (χ0) is 15.1. The topological polar surface area (TPSA) is 80.5 Å². The molecule has 8 heteroatoms. The van der Waals surface area contributed by atoms with Crippen LogP contribution in [0, 0.1) is 0 Å². The molecule has 0 aliphatic rings. The molecule has 0 amide bonds. The minimum Gasteiger partial charge on any atom is -0.481 e. The molecule has 0 spiro atoms. The monoisotopic (exact) mass is 302 g/mol. The number of carboxylic acids is 1. The maximum absolute atomic E-state index is 10.7. The second kappa shape index (κ2) is 8.11. The second-order valence-electron chi connectivity index (χ2n) is 4.50. The van der Waals surface area contributed by atoms with Crippen molar-refractivity contribution in [2.45, 2.75) is 32.0 Å². The van der Waals surface area contributed by atoms with Crippen molar-refractivity contribution in [1.29, 1.82) is 0 Å². The van der Waals surface area contributed by atoms with Crippen molar-refractivity contribution in [3.63, 3.8) is 0 Å². The minimum absolute atomic E-state index is 0.0188. The number of rotatable bonds is 9. The molecule has 1 aromatic heterocycles. The fourth-order valence-electron chi connectivity index (χ4n) is 1.76. The van der Waals surface area contributed by atoms with E-state index in [2.05, 4.69) is 15.1 Å². The molecule has 1 aromatic rings. The number of methoxy groups -OCH3 is 1. The average Bonchev–Trinajstić information content (AvgIpc) is 2.81. The summed E-state index contributed by atoms with van der Waals surface area (Å²) in [5, 5.41) is 17.7. The summed E-state index contributed by atoms with van der Waals surface area (Å²) in [5.74, 6) is -0.122. The second-order valence-corrected chi connectivity index (χ2v) is 5.44. The summed E-state index contributed by atoms with van der Waals surface area (Å²) in [4.78, 5) is 12.8. The van der Waals surface area contributed by atoms with Crippen LogP contribution in [0.25, 0.3) is 0 Å². The lowest BCUT2D eigenvalue weighted by Crippen LogP contribution is -2.30. The fourth-order valence-corrected chi connectivity index (χ4v) is 2.55. The van der Waals surface area contributed by atoms with Gasteiger partial charge in [0, 0.05) is 26.2 Å². The molecule has 0 aliphatic heterocycles. The largest absolute Gasteiger partial charge is 0.481 e. The van der Waals surface area contributed by atoms with Crippen molar-refractivity contribution in [3.8, 4) is 0 Å². The number of anilines is 1. The molecule has 0 bridgehead atoms. The Kier molecular flexibility index (Phi) is 6.80. The van der Waals surface area contributed by atoms with Gasteiger partial charge in [-0.15, -0.1) is 10.2 Å². The Morgan fingerprint density at radius 1 is 1.50 bits per heavy atom. The van der Waals surface area contributed by atoms with Crippen LogP contribution in [0.2, 0.25) is 0 Å². The van der Waals surface area contributed by atoms with Gasteiger partial charge in [-0.25, -0.2) is 0 Å². The molecule has 0 radical (unpaired) electrons. The van der Waals surface area contributed by atoms with E-state index in [4.69, 9.17) is 9.84 Å². The Bertz CT molecular complexity index is 436. The summed E-state index contributed by atoms with van der Waals surface area (Å²) in [5.41, 5.74) is 0. The summed E-state index contributed by atoms with van der Waals surface area (Å²) in [7, 11) is 1.66. The molecular formula is C12H22N4O3S. The number of aromatic nitrogens is 3. The van der Waals surface area contributed by atoms with Crippen LogP contribution in [0.3, 0.4) is 0 Å². The Hall–Kier alpha value is -1.28. The lowest BCUT2D eigenvalue weighted by Gasteiger charge is -2.24. The average molecular weight is 302 g/mol. The molecule has 0 aromatic carbocycles. The van der Waals surface area contributed by atoms with Crippen LogP contribution >= 0.6 is 11.8 Å². The van der Waals surface area contributed by atoms with Crippen LogP contribution in [-0.4, -0.2) is 58.4 Å². The third kappa shape index (κ3) is 4.38. The number of hydrogen-bond donors (Lipinski definition) is 1. The van der Waals surface area contributed by atoms with Gasteiger partial charge in [0.15, 0.2) is 5.16 Å². The van der Waals surface area contributed by atoms with Crippen LogP contribution in [0.5, 0.6) is 0 Å². The molecule has 114 valence electrons. The van der Waals surface area contributed by atoms with E-state index in [0.29, 0.717) is 11.8 Å². The summed E-state index contributed by atoms with van der Waals surface area (Å²) < 4.78 is 7.06. The van der Waals surface area contributed by atoms with Gasteiger partial charge in [0.1, 0.15) is 0 Å². The fraction of sp³-hybridized carbons (Fsp3) is 0.750. The molecule has 0 aliphatic carbocycles. The first kappa shape index (κ1) is 16.8. The van der Waals surface area contributed by atoms with Gasteiger partial charge < -0.3 is 14.7 Å². The van der Waals surface area contributed by atoms with E-state index in [1.165, 1.54) is 11.8 Å². The van der Waals surface area contributed by atoms with Crippen molar-refractivity contribution < 1.29 is 14.6 Å². The number of carbonyl (C=O) groups is 1. The minimum atomic E-state index is -0.860. The van der Waals surface area contributed by atoms with Gasteiger partial charge in [-0.2, -0.15) is 0 Å². The number of ether oxygens (including phenoxy) is 1. The lowest BCUT2D eigenvalue weighted by atomic mass is 10.4.